The lowest BCUT2D eigenvalue weighted by Crippen LogP contribution is -1.96. The number of ether oxygens (including phenoxy) is 1. The van der Waals surface area contributed by atoms with Crippen molar-refractivity contribution in [3.63, 3.8) is 0 Å². The number of aliphatic hydroxyl groups excluding tert-OH is 1. The summed E-state index contributed by atoms with van der Waals surface area (Å²) in [7, 11) is 1.37. The molecule has 0 bridgehead atoms. The number of esters is 1. The smallest absolute Gasteiger partial charge is 0.309 e. The van der Waals surface area contributed by atoms with Gasteiger partial charge in [0.05, 0.1) is 20.1 Å². The molecule has 1 rings (SSSR count). The zero-order valence-corrected chi connectivity index (χ0v) is 9.56. The summed E-state index contributed by atoms with van der Waals surface area (Å²) in [4.78, 5) is 10.9. The number of hydrogen-bond acceptors (Lipinski definition) is 3. The van der Waals surface area contributed by atoms with Gasteiger partial charge in [0, 0.05) is 0 Å². The lowest BCUT2D eigenvalue weighted by Gasteiger charge is -2.03. The number of rotatable bonds is 4. The van der Waals surface area contributed by atoms with Crippen LogP contribution in [0, 0.1) is 6.92 Å². The molecule has 0 atom stereocenters. The van der Waals surface area contributed by atoms with Crippen LogP contribution in [0.5, 0.6) is 0 Å². The quantitative estimate of drug-likeness (QED) is 0.790. The topological polar surface area (TPSA) is 46.5 Å². The van der Waals surface area contributed by atoms with Crippen molar-refractivity contribution in [2.24, 2.45) is 0 Å². The van der Waals surface area contributed by atoms with Gasteiger partial charge in [0.15, 0.2) is 0 Å². The number of hydrogen-bond donors (Lipinski definition) is 1. The molecule has 16 heavy (non-hydrogen) atoms. The Bertz CT molecular complexity index is 394. The number of methoxy groups -OCH3 is 1. The molecule has 1 N–H and O–H groups in total. The fourth-order valence-electron chi connectivity index (χ4n) is 1.34. The Hall–Kier alpha value is -1.61. The average molecular weight is 220 g/mol. The number of benzene rings is 1. The third-order valence-electron chi connectivity index (χ3n) is 2.37. The predicted octanol–water partition coefficient (Wildman–Crippen LogP) is 2.06. The van der Waals surface area contributed by atoms with Crippen molar-refractivity contribution >= 4 is 12.0 Å². The zero-order chi connectivity index (χ0) is 12.0. The monoisotopic (exact) mass is 220 g/mol. The van der Waals surface area contributed by atoms with Crippen LogP contribution in [0.15, 0.2) is 24.3 Å². The van der Waals surface area contributed by atoms with Crippen molar-refractivity contribution in [3.05, 3.63) is 41.0 Å². The van der Waals surface area contributed by atoms with Crippen LogP contribution in [0.2, 0.25) is 0 Å². The van der Waals surface area contributed by atoms with E-state index in [0.29, 0.717) is 0 Å². The van der Waals surface area contributed by atoms with Gasteiger partial charge in [-0.15, -0.1) is 0 Å². The maximum atomic E-state index is 10.9. The van der Waals surface area contributed by atoms with E-state index in [1.54, 1.807) is 6.08 Å². The SMILES string of the molecule is COC(=O)CC=Cc1ccc(C)c(CO)c1. The minimum Gasteiger partial charge on any atom is -0.469 e. The Labute approximate surface area is 95.4 Å². The van der Waals surface area contributed by atoms with E-state index >= 15 is 0 Å². The van der Waals surface area contributed by atoms with Gasteiger partial charge in [-0.3, -0.25) is 4.79 Å². The first-order chi connectivity index (χ1) is 7.67. The number of carbonyl (C=O) groups excluding carboxylic acids is 1. The molecule has 3 heteroatoms. The first-order valence-electron chi connectivity index (χ1n) is 5.11. The van der Waals surface area contributed by atoms with Crippen molar-refractivity contribution in [2.45, 2.75) is 20.0 Å². The van der Waals surface area contributed by atoms with Gasteiger partial charge in [0.25, 0.3) is 0 Å². The highest BCUT2D eigenvalue weighted by Gasteiger charge is 1.98. The molecule has 0 saturated carbocycles. The van der Waals surface area contributed by atoms with Crippen LogP contribution >= 0.6 is 0 Å². The molecule has 0 aliphatic heterocycles. The van der Waals surface area contributed by atoms with Crippen molar-refractivity contribution in [1.29, 1.82) is 0 Å². The van der Waals surface area contributed by atoms with Crippen LogP contribution in [-0.2, 0) is 16.1 Å². The van der Waals surface area contributed by atoms with Gasteiger partial charge in [-0.05, 0) is 29.7 Å². The largest absolute Gasteiger partial charge is 0.469 e. The minimum absolute atomic E-state index is 0.0323. The van der Waals surface area contributed by atoms with Gasteiger partial charge in [-0.2, -0.15) is 0 Å². The average Bonchev–Trinajstić information content (AvgIpc) is 2.31. The summed E-state index contributed by atoms with van der Waals surface area (Å²) >= 11 is 0. The summed E-state index contributed by atoms with van der Waals surface area (Å²) in [5.41, 5.74) is 2.94. The van der Waals surface area contributed by atoms with Gasteiger partial charge in [-0.1, -0.05) is 24.3 Å². The highest BCUT2D eigenvalue weighted by atomic mass is 16.5. The maximum Gasteiger partial charge on any atom is 0.309 e. The molecule has 3 nitrogen and oxygen atoms in total. The van der Waals surface area contributed by atoms with E-state index in [2.05, 4.69) is 4.74 Å². The Morgan fingerprint density at radius 1 is 1.50 bits per heavy atom. The van der Waals surface area contributed by atoms with Gasteiger partial charge in [-0.25, -0.2) is 0 Å². The van der Waals surface area contributed by atoms with Crippen LogP contribution < -0.4 is 0 Å². The van der Waals surface area contributed by atoms with E-state index in [0.717, 1.165) is 16.7 Å². The summed E-state index contributed by atoms with van der Waals surface area (Å²) in [5, 5.41) is 9.10. The fourth-order valence-corrected chi connectivity index (χ4v) is 1.34. The zero-order valence-electron chi connectivity index (χ0n) is 9.56. The third-order valence-corrected chi connectivity index (χ3v) is 2.37. The van der Waals surface area contributed by atoms with E-state index in [1.807, 2.05) is 31.2 Å². The summed E-state index contributed by atoms with van der Waals surface area (Å²) in [5.74, 6) is -0.259. The highest BCUT2D eigenvalue weighted by molar-refractivity contribution is 5.72. The van der Waals surface area contributed by atoms with Crippen LogP contribution in [0.3, 0.4) is 0 Å². The first kappa shape index (κ1) is 12.5. The lowest BCUT2D eigenvalue weighted by atomic mass is 10.1. The van der Waals surface area contributed by atoms with Crippen LogP contribution in [0.25, 0.3) is 6.08 Å². The summed E-state index contributed by atoms with van der Waals surface area (Å²) < 4.78 is 4.52. The molecule has 1 aromatic carbocycles. The molecule has 0 aromatic heterocycles. The summed E-state index contributed by atoms with van der Waals surface area (Å²) in [6.07, 6.45) is 3.85. The van der Waals surface area contributed by atoms with Crippen molar-refractivity contribution in [1.82, 2.24) is 0 Å². The molecule has 0 aliphatic rings. The third kappa shape index (κ3) is 3.51. The van der Waals surface area contributed by atoms with E-state index in [9.17, 15) is 4.79 Å². The lowest BCUT2D eigenvalue weighted by molar-refractivity contribution is -0.139. The molecule has 0 heterocycles. The fraction of sp³-hybridized carbons (Fsp3) is 0.308. The van der Waals surface area contributed by atoms with E-state index < -0.39 is 0 Å². The van der Waals surface area contributed by atoms with Gasteiger partial charge in [0.1, 0.15) is 0 Å². The standard InChI is InChI=1S/C13H16O3/c1-10-6-7-11(8-12(10)9-14)4-3-5-13(15)16-2/h3-4,6-8,14H,5,9H2,1-2H3. The number of carbonyl (C=O) groups is 1. The first-order valence-corrected chi connectivity index (χ1v) is 5.11. The second-order valence-electron chi connectivity index (χ2n) is 3.53. The molecule has 0 amide bonds. The molecule has 1 aromatic rings. The minimum atomic E-state index is -0.259. The van der Waals surface area contributed by atoms with E-state index in [1.165, 1.54) is 7.11 Å². The molecule has 0 radical (unpaired) electrons. The normalized spacial score (nSPS) is 10.7. The van der Waals surface area contributed by atoms with Gasteiger partial charge in [0.2, 0.25) is 0 Å². The second-order valence-corrected chi connectivity index (χ2v) is 3.53. The Morgan fingerprint density at radius 3 is 2.88 bits per heavy atom. The Kier molecular flexibility index (Phi) is 4.73. The van der Waals surface area contributed by atoms with Crippen LogP contribution in [-0.4, -0.2) is 18.2 Å². The molecular formula is C13H16O3. The molecule has 86 valence electrons. The van der Waals surface area contributed by atoms with Gasteiger partial charge >= 0.3 is 5.97 Å². The van der Waals surface area contributed by atoms with Crippen molar-refractivity contribution < 1.29 is 14.6 Å². The van der Waals surface area contributed by atoms with E-state index in [4.69, 9.17) is 5.11 Å². The van der Waals surface area contributed by atoms with Gasteiger partial charge < -0.3 is 9.84 Å². The molecule has 0 fully saturated rings. The van der Waals surface area contributed by atoms with Crippen LogP contribution in [0.4, 0.5) is 0 Å². The number of aryl methyl sites for hydroxylation is 1. The van der Waals surface area contributed by atoms with Crippen LogP contribution in [0.1, 0.15) is 23.1 Å². The molecular weight excluding hydrogens is 204 g/mol. The Morgan fingerprint density at radius 2 is 2.25 bits per heavy atom. The maximum absolute atomic E-state index is 10.9. The summed E-state index contributed by atoms with van der Waals surface area (Å²) in [6.45, 7) is 1.98. The Balaban J connectivity index is 2.70. The van der Waals surface area contributed by atoms with E-state index in [-0.39, 0.29) is 19.0 Å². The molecule has 0 spiro atoms. The summed E-state index contributed by atoms with van der Waals surface area (Å²) in [6, 6.07) is 5.80. The predicted molar refractivity (Wildman–Crippen MR) is 62.8 cm³/mol. The second kappa shape index (κ2) is 6.08. The molecule has 0 saturated heterocycles. The van der Waals surface area contributed by atoms with Crippen molar-refractivity contribution in [3.8, 4) is 0 Å². The molecule has 0 aliphatic carbocycles. The van der Waals surface area contributed by atoms with Crippen molar-refractivity contribution in [2.75, 3.05) is 7.11 Å². The molecule has 0 unspecified atom stereocenters. The highest BCUT2D eigenvalue weighted by Crippen LogP contribution is 2.12. The number of aliphatic hydroxyl groups is 1.